The zero-order valence-electron chi connectivity index (χ0n) is 25.4. The average Bonchev–Trinajstić information content (AvgIpc) is 3.83. The van der Waals surface area contributed by atoms with Crippen molar-refractivity contribution in [3.05, 3.63) is 83.4 Å². The van der Waals surface area contributed by atoms with Crippen LogP contribution >= 0.6 is 11.6 Å². The summed E-state index contributed by atoms with van der Waals surface area (Å²) in [6.07, 6.45) is 2.11. The molecule has 2 amide bonds. The summed E-state index contributed by atoms with van der Waals surface area (Å²) in [5.41, 5.74) is 3.45. The molecule has 1 saturated carbocycles. The molecule has 0 radical (unpaired) electrons. The van der Waals surface area contributed by atoms with Gasteiger partial charge < -0.3 is 24.0 Å². The Morgan fingerprint density at radius 2 is 1.67 bits per heavy atom. The van der Waals surface area contributed by atoms with E-state index in [1.807, 2.05) is 56.0 Å². The van der Waals surface area contributed by atoms with E-state index in [2.05, 4.69) is 36.4 Å². The lowest BCUT2D eigenvalue weighted by Gasteiger charge is -2.40. The average molecular weight is 605 g/mol. The highest BCUT2D eigenvalue weighted by atomic mass is 35.5. The monoisotopic (exact) mass is 604 g/mol. The summed E-state index contributed by atoms with van der Waals surface area (Å²) in [7, 11) is 1.62. The van der Waals surface area contributed by atoms with Crippen LogP contribution in [-0.4, -0.2) is 62.0 Å². The van der Waals surface area contributed by atoms with Crippen molar-refractivity contribution < 1.29 is 23.8 Å². The SMILES string of the molecule is COCCOc1cc(N(C(=O)[C@H]2CN(C(=O)OC(C)(C)C)CC[C@@H]2c2cccc(-c3ccccc3)c2)C2CC2)ccc1Cl. The van der Waals surface area contributed by atoms with Crippen molar-refractivity contribution in [1.29, 1.82) is 0 Å². The molecule has 3 aromatic rings. The molecule has 0 spiro atoms. The lowest BCUT2D eigenvalue weighted by atomic mass is 9.79. The minimum absolute atomic E-state index is 0.00367. The van der Waals surface area contributed by atoms with Gasteiger partial charge in [0.1, 0.15) is 18.0 Å². The minimum atomic E-state index is -0.625. The Bertz CT molecular complexity index is 1420. The molecule has 1 saturated heterocycles. The summed E-state index contributed by atoms with van der Waals surface area (Å²) in [6, 6.07) is 24.3. The van der Waals surface area contributed by atoms with Gasteiger partial charge in [-0.3, -0.25) is 4.79 Å². The number of nitrogens with zero attached hydrogens (tertiary/aromatic N) is 2. The Balaban J connectivity index is 1.48. The van der Waals surface area contributed by atoms with E-state index < -0.39 is 11.5 Å². The number of benzene rings is 3. The molecule has 2 aliphatic rings. The van der Waals surface area contributed by atoms with E-state index in [-0.39, 0.29) is 30.5 Å². The van der Waals surface area contributed by atoms with E-state index in [9.17, 15) is 9.59 Å². The maximum atomic E-state index is 14.7. The van der Waals surface area contributed by atoms with Gasteiger partial charge in [-0.15, -0.1) is 0 Å². The second-order valence-corrected chi connectivity index (χ2v) is 12.7. The Morgan fingerprint density at radius 1 is 0.930 bits per heavy atom. The van der Waals surface area contributed by atoms with Gasteiger partial charge in [0, 0.05) is 38.0 Å². The number of carbonyl (C=O) groups is 2. The molecular formula is C35H41ClN2O5. The third-order valence-corrected chi connectivity index (χ3v) is 8.20. The molecule has 1 heterocycles. The van der Waals surface area contributed by atoms with Gasteiger partial charge in [-0.1, -0.05) is 66.2 Å². The molecule has 5 rings (SSSR count). The number of amides is 2. The van der Waals surface area contributed by atoms with Crippen molar-refractivity contribution in [3.8, 4) is 16.9 Å². The number of carbonyl (C=O) groups excluding carboxylic acids is 2. The van der Waals surface area contributed by atoms with E-state index in [0.29, 0.717) is 37.0 Å². The fourth-order valence-corrected chi connectivity index (χ4v) is 5.86. The zero-order chi connectivity index (χ0) is 30.6. The van der Waals surface area contributed by atoms with Crippen LogP contribution in [0.3, 0.4) is 0 Å². The van der Waals surface area contributed by atoms with Gasteiger partial charge >= 0.3 is 6.09 Å². The standard InChI is InChI=1S/C35H41ClN2O5/c1-35(2,3)43-34(40)37-18-17-29(26-12-8-11-25(21-26)24-9-6-5-7-10-24)30(23-37)33(39)38(27-13-14-27)28-15-16-31(36)32(22-28)42-20-19-41-4/h5-12,15-16,21-22,27,29-30H,13-14,17-20,23H2,1-4H3/t29-,30+/m1/s1. The molecule has 1 aliphatic heterocycles. The molecule has 0 bridgehead atoms. The van der Waals surface area contributed by atoms with Gasteiger partial charge in [-0.05, 0) is 74.8 Å². The largest absolute Gasteiger partial charge is 0.490 e. The predicted octanol–water partition coefficient (Wildman–Crippen LogP) is 7.57. The third-order valence-electron chi connectivity index (χ3n) is 7.89. The highest BCUT2D eigenvalue weighted by Crippen LogP contribution is 2.41. The first-order valence-electron chi connectivity index (χ1n) is 15.0. The lowest BCUT2D eigenvalue weighted by molar-refractivity contribution is -0.124. The smallest absolute Gasteiger partial charge is 0.410 e. The molecular weight excluding hydrogens is 564 g/mol. The number of hydrogen-bond donors (Lipinski definition) is 0. The summed E-state index contributed by atoms with van der Waals surface area (Å²) >= 11 is 6.45. The number of ether oxygens (including phenoxy) is 3. The van der Waals surface area contributed by atoms with Gasteiger partial charge in [-0.25, -0.2) is 4.79 Å². The van der Waals surface area contributed by atoms with Crippen molar-refractivity contribution in [1.82, 2.24) is 4.90 Å². The van der Waals surface area contributed by atoms with Crippen LogP contribution < -0.4 is 9.64 Å². The van der Waals surface area contributed by atoms with Crippen LogP contribution in [0, 0.1) is 5.92 Å². The second kappa shape index (κ2) is 13.4. The number of piperidine rings is 1. The summed E-state index contributed by atoms with van der Waals surface area (Å²) in [5, 5.41) is 0.479. The van der Waals surface area contributed by atoms with Crippen LogP contribution in [0.4, 0.5) is 10.5 Å². The van der Waals surface area contributed by atoms with Gasteiger partial charge in [-0.2, -0.15) is 0 Å². The summed E-state index contributed by atoms with van der Waals surface area (Å²) in [5.74, 6) is -0.0147. The number of rotatable bonds is 9. The quantitative estimate of drug-likeness (QED) is 0.236. The maximum absolute atomic E-state index is 14.7. The first-order chi connectivity index (χ1) is 20.6. The Morgan fingerprint density at radius 3 is 2.37 bits per heavy atom. The molecule has 7 nitrogen and oxygen atoms in total. The van der Waals surface area contributed by atoms with Crippen LogP contribution in [0.15, 0.2) is 72.8 Å². The van der Waals surface area contributed by atoms with E-state index in [1.165, 1.54) is 0 Å². The number of methoxy groups -OCH3 is 1. The zero-order valence-corrected chi connectivity index (χ0v) is 26.2. The van der Waals surface area contributed by atoms with Crippen LogP contribution in [0.2, 0.25) is 5.02 Å². The molecule has 43 heavy (non-hydrogen) atoms. The van der Waals surface area contributed by atoms with Gasteiger partial charge in [0.25, 0.3) is 0 Å². The molecule has 3 aromatic carbocycles. The van der Waals surface area contributed by atoms with E-state index in [1.54, 1.807) is 18.1 Å². The van der Waals surface area contributed by atoms with Gasteiger partial charge in [0.05, 0.1) is 17.5 Å². The van der Waals surface area contributed by atoms with Crippen LogP contribution in [0.25, 0.3) is 11.1 Å². The molecule has 8 heteroatoms. The molecule has 2 fully saturated rings. The molecule has 0 unspecified atom stereocenters. The summed E-state index contributed by atoms with van der Waals surface area (Å²) in [4.78, 5) is 31.5. The second-order valence-electron chi connectivity index (χ2n) is 12.3. The number of anilines is 1. The lowest BCUT2D eigenvalue weighted by Crippen LogP contribution is -2.51. The van der Waals surface area contributed by atoms with Crippen molar-refractivity contribution in [2.75, 3.05) is 38.3 Å². The minimum Gasteiger partial charge on any atom is -0.490 e. The fourth-order valence-electron chi connectivity index (χ4n) is 5.69. The van der Waals surface area contributed by atoms with E-state index in [4.69, 9.17) is 25.8 Å². The van der Waals surface area contributed by atoms with E-state index >= 15 is 0 Å². The van der Waals surface area contributed by atoms with Crippen molar-refractivity contribution in [2.24, 2.45) is 5.92 Å². The molecule has 0 N–H and O–H groups in total. The first-order valence-corrected chi connectivity index (χ1v) is 15.4. The Kier molecular flexibility index (Phi) is 9.62. The van der Waals surface area contributed by atoms with Crippen LogP contribution in [-0.2, 0) is 14.3 Å². The third kappa shape index (κ3) is 7.70. The number of likely N-dealkylation sites (tertiary alicyclic amines) is 1. The molecule has 0 aromatic heterocycles. The fraction of sp³-hybridized carbons (Fsp3) is 0.429. The predicted molar refractivity (Wildman–Crippen MR) is 170 cm³/mol. The van der Waals surface area contributed by atoms with Crippen molar-refractivity contribution in [2.45, 2.75) is 57.6 Å². The number of hydrogen-bond acceptors (Lipinski definition) is 5. The summed E-state index contributed by atoms with van der Waals surface area (Å²) in [6.45, 7) is 7.15. The van der Waals surface area contributed by atoms with E-state index in [0.717, 1.165) is 35.2 Å². The van der Waals surface area contributed by atoms with Crippen LogP contribution in [0.1, 0.15) is 51.5 Å². The molecule has 228 valence electrons. The number of halogens is 1. The van der Waals surface area contributed by atoms with Crippen molar-refractivity contribution >= 4 is 29.3 Å². The Labute approximate surface area is 259 Å². The summed E-state index contributed by atoms with van der Waals surface area (Å²) < 4.78 is 16.7. The van der Waals surface area contributed by atoms with Gasteiger partial charge in [0.2, 0.25) is 5.91 Å². The Hall–Kier alpha value is -3.55. The topological polar surface area (TPSA) is 68.3 Å². The first kappa shape index (κ1) is 30.9. The highest BCUT2D eigenvalue weighted by Gasteiger charge is 2.44. The van der Waals surface area contributed by atoms with Gasteiger partial charge in [0.15, 0.2) is 0 Å². The van der Waals surface area contributed by atoms with Crippen LogP contribution in [0.5, 0.6) is 5.75 Å². The van der Waals surface area contributed by atoms with Crippen molar-refractivity contribution in [3.63, 3.8) is 0 Å². The molecule has 2 atom stereocenters. The maximum Gasteiger partial charge on any atom is 0.410 e. The molecule has 1 aliphatic carbocycles. The highest BCUT2D eigenvalue weighted by molar-refractivity contribution is 6.32. The normalized spacial score (nSPS) is 18.7.